The first kappa shape index (κ1) is 28.5. The van der Waals surface area contributed by atoms with Crippen LogP contribution in [0.4, 0.5) is 26.3 Å². The van der Waals surface area contributed by atoms with E-state index in [0.717, 1.165) is 61.8 Å². The van der Waals surface area contributed by atoms with Crippen molar-refractivity contribution in [2.75, 3.05) is 0 Å². The minimum atomic E-state index is -3.20. The smallest absolute Gasteiger partial charge is 0.317 e. The van der Waals surface area contributed by atoms with Gasteiger partial charge in [-0.15, -0.1) is 0 Å². The summed E-state index contributed by atoms with van der Waals surface area (Å²) in [6, 6.07) is 7.49. The molecular weight excluding hydrogens is 514 g/mol. The van der Waals surface area contributed by atoms with Crippen molar-refractivity contribution in [2.24, 2.45) is 17.8 Å². The molecule has 2 aromatic rings. The fourth-order valence-corrected chi connectivity index (χ4v) is 7.43. The average molecular weight is 553 g/mol. The van der Waals surface area contributed by atoms with Crippen LogP contribution in [0, 0.1) is 47.9 Å². The second-order valence-corrected chi connectivity index (χ2v) is 12.2. The summed E-state index contributed by atoms with van der Waals surface area (Å²) in [4.78, 5) is 0. The summed E-state index contributed by atoms with van der Waals surface area (Å²) in [5, 5.41) is 0. The van der Waals surface area contributed by atoms with Gasteiger partial charge in [-0.3, -0.25) is 0 Å². The first-order chi connectivity index (χ1) is 18.6. The van der Waals surface area contributed by atoms with Gasteiger partial charge in [-0.1, -0.05) is 12.1 Å². The van der Waals surface area contributed by atoms with Crippen LogP contribution in [-0.2, 0) is 4.74 Å². The highest BCUT2D eigenvalue weighted by molar-refractivity contribution is 5.27. The van der Waals surface area contributed by atoms with Crippen molar-refractivity contribution < 1.29 is 31.1 Å². The van der Waals surface area contributed by atoms with Crippen molar-refractivity contribution in [3.8, 4) is 0 Å². The van der Waals surface area contributed by atoms with Crippen LogP contribution in [0.15, 0.2) is 30.3 Å². The molecular formula is C32H38F6O. The third-order valence-electron chi connectivity index (χ3n) is 9.76. The molecule has 0 heterocycles. The van der Waals surface area contributed by atoms with E-state index in [4.69, 9.17) is 4.74 Å². The average Bonchev–Trinajstić information content (AvgIpc) is 2.92. The van der Waals surface area contributed by atoms with Gasteiger partial charge in [0.1, 0.15) is 5.82 Å². The Balaban J connectivity index is 1.07. The monoisotopic (exact) mass is 552 g/mol. The maximum absolute atomic E-state index is 15.1. The highest BCUT2D eigenvalue weighted by Crippen LogP contribution is 2.48. The molecule has 5 rings (SSSR count). The van der Waals surface area contributed by atoms with E-state index >= 15 is 8.78 Å². The van der Waals surface area contributed by atoms with Crippen molar-refractivity contribution in [1.82, 2.24) is 0 Å². The van der Waals surface area contributed by atoms with Crippen LogP contribution in [0.25, 0.3) is 0 Å². The second kappa shape index (κ2) is 11.8. The summed E-state index contributed by atoms with van der Waals surface area (Å²) in [7, 11) is 0. The zero-order valence-electron chi connectivity index (χ0n) is 22.5. The van der Waals surface area contributed by atoms with Gasteiger partial charge in [0.25, 0.3) is 0 Å². The number of hydrogen-bond acceptors (Lipinski definition) is 1. The highest BCUT2D eigenvalue weighted by Gasteiger charge is 2.46. The Bertz CT molecular complexity index is 1100. The number of halogens is 6. The summed E-state index contributed by atoms with van der Waals surface area (Å²) in [6.45, 7) is 1.89. The van der Waals surface area contributed by atoms with Crippen LogP contribution < -0.4 is 0 Å². The Morgan fingerprint density at radius 2 is 1.18 bits per heavy atom. The maximum Gasteiger partial charge on any atom is 0.358 e. The molecule has 1 nitrogen and oxygen atoms in total. The van der Waals surface area contributed by atoms with E-state index in [2.05, 4.69) is 0 Å². The summed E-state index contributed by atoms with van der Waals surface area (Å²) in [5.41, 5.74) is 2.10. The summed E-state index contributed by atoms with van der Waals surface area (Å²) >= 11 is 0. The third-order valence-corrected chi connectivity index (χ3v) is 9.76. The molecule has 0 aromatic heterocycles. The standard InChI is InChI=1S/C32H38F6O/c1-19-2-15-27(28(33)16-19)23-5-3-20(4-6-23)21-7-11-25(12-8-21)32(37,38)39-26-13-9-22(10-14-26)24-17-29(34)31(36)30(35)18-24/h2,15-18,20-23,25-26H,3-14H2,1H3. The predicted molar refractivity (Wildman–Crippen MR) is 139 cm³/mol. The number of benzene rings is 2. The van der Waals surface area contributed by atoms with Crippen LogP contribution >= 0.6 is 0 Å². The van der Waals surface area contributed by atoms with Crippen molar-refractivity contribution in [3.05, 3.63) is 70.3 Å². The molecule has 0 unspecified atom stereocenters. The van der Waals surface area contributed by atoms with E-state index in [1.165, 1.54) is 0 Å². The molecule has 3 aliphatic rings. The van der Waals surface area contributed by atoms with Gasteiger partial charge in [0.2, 0.25) is 0 Å². The second-order valence-electron chi connectivity index (χ2n) is 12.2. The lowest BCUT2D eigenvalue weighted by Crippen LogP contribution is -2.39. The SMILES string of the molecule is Cc1ccc(C2CCC(C3CCC(C(F)(F)OC4CCC(c5cc(F)c(F)c(F)c5)CC4)CC3)CC2)c(F)c1. The molecule has 0 spiro atoms. The molecule has 0 atom stereocenters. The minimum Gasteiger partial charge on any atom is -0.317 e. The van der Waals surface area contributed by atoms with Gasteiger partial charge in [0, 0.05) is 0 Å². The van der Waals surface area contributed by atoms with Gasteiger partial charge in [0.15, 0.2) is 17.5 Å². The molecule has 0 bridgehead atoms. The molecule has 0 saturated heterocycles. The fraction of sp³-hybridized carbons (Fsp3) is 0.625. The lowest BCUT2D eigenvalue weighted by molar-refractivity contribution is -0.301. The molecule has 0 N–H and O–H groups in total. The van der Waals surface area contributed by atoms with Gasteiger partial charge in [-0.05, 0) is 143 Å². The molecule has 3 saturated carbocycles. The Morgan fingerprint density at radius 3 is 1.74 bits per heavy atom. The minimum absolute atomic E-state index is 0.118. The molecule has 3 fully saturated rings. The Morgan fingerprint density at radius 1 is 0.641 bits per heavy atom. The van der Waals surface area contributed by atoms with Gasteiger partial charge in [-0.2, -0.15) is 8.78 Å². The summed E-state index contributed by atoms with van der Waals surface area (Å²) in [6.07, 6.45) is 4.24. The van der Waals surface area contributed by atoms with Gasteiger partial charge < -0.3 is 4.74 Å². The lowest BCUT2D eigenvalue weighted by Gasteiger charge is -2.40. The predicted octanol–water partition coefficient (Wildman–Crippen LogP) is 9.97. The van der Waals surface area contributed by atoms with Gasteiger partial charge in [-0.25, -0.2) is 17.6 Å². The maximum atomic E-state index is 15.1. The molecule has 39 heavy (non-hydrogen) atoms. The van der Waals surface area contributed by atoms with Crippen molar-refractivity contribution in [3.63, 3.8) is 0 Å². The Hall–Kier alpha value is -2.02. The quantitative estimate of drug-likeness (QED) is 0.256. The molecule has 214 valence electrons. The molecule has 0 aliphatic heterocycles. The number of rotatable bonds is 6. The molecule has 3 aliphatic carbocycles. The molecule has 0 amide bonds. The normalized spacial score (nSPS) is 30.3. The highest BCUT2D eigenvalue weighted by atomic mass is 19.3. The largest absolute Gasteiger partial charge is 0.358 e. The van der Waals surface area contributed by atoms with Gasteiger partial charge >= 0.3 is 6.11 Å². The van der Waals surface area contributed by atoms with Crippen LogP contribution in [0.1, 0.15) is 106 Å². The molecule has 0 radical (unpaired) electrons. The van der Waals surface area contributed by atoms with Crippen molar-refractivity contribution in [1.29, 1.82) is 0 Å². The van der Waals surface area contributed by atoms with E-state index < -0.39 is 35.6 Å². The lowest BCUT2D eigenvalue weighted by atomic mass is 9.68. The first-order valence-corrected chi connectivity index (χ1v) is 14.6. The third kappa shape index (κ3) is 6.49. The topological polar surface area (TPSA) is 9.23 Å². The van der Waals surface area contributed by atoms with Gasteiger partial charge in [0.05, 0.1) is 12.0 Å². The molecule has 7 heteroatoms. The van der Waals surface area contributed by atoms with Crippen LogP contribution in [0.3, 0.4) is 0 Å². The zero-order chi connectivity index (χ0) is 27.7. The van der Waals surface area contributed by atoms with E-state index in [0.29, 0.717) is 55.9 Å². The van der Waals surface area contributed by atoms with Crippen molar-refractivity contribution >= 4 is 0 Å². The zero-order valence-corrected chi connectivity index (χ0v) is 22.5. The van der Waals surface area contributed by atoms with Crippen LogP contribution in [0.2, 0.25) is 0 Å². The van der Waals surface area contributed by atoms with E-state index in [1.54, 1.807) is 6.07 Å². The fourth-order valence-electron chi connectivity index (χ4n) is 7.43. The summed E-state index contributed by atoms with van der Waals surface area (Å²) < 4.78 is 90.5. The number of aryl methyl sites for hydroxylation is 1. The van der Waals surface area contributed by atoms with Crippen molar-refractivity contribution in [2.45, 2.75) is 108 Å². The summed E-state index contributed by atoms with van der Waals surface area (Å²) in [5.74, 6) is -3.86. The molecule has 2 aromatic carbocycles. The Labute approximate surface area is 227 Å². The van der Waals surface area contributed by atoms with E-state index in [1.807, 2.05) is 19.1 Å². The Kier molecular flexibility index (Phi) is 8.65. The number of alkyl halides is 2. The van der Waals surface area contributed by atoms with Crippen LogP contribution in [-0.4, -0.2) is 12.2 Å². The number of hydrogen-bond donors (Lipinski definition) is 0. The first-order valence-electron chi connectivity index (χ1n) is 14.6. The van der Waals surface area contributed by atoms with E-state index in [9.17, 15) is 17.6 Å². The van der Waals surface area contributed by atoms with E-state index in [-0.39, 0.29) is 17.7 Å². The number of ether oxygens (including phenoxy) is 1. The van der Waals surface area contributed by atoms with Crippen LogP contribution in [0.5, 0.6) is 0 Å².